The molecule has 1 fully saturated rings. The number of carbonyl (C=O) groups is 2. The fourth-order valence-electron chi connectivity index (χ4n) is 4.06. The van der Waals surface area contributed by atoms with Gasteiger partial charge in [0, 0.05) is 19.5 Å². The summed E-state index contributed by atoms with van der Waals surface area (Å²) in [5.74, 6) is -1.73. The number of benzene rings is 1. The summed E-state index contributed by atoms with van der Waals surface area (Å²) in [5.41, 5.74) is 0.334. The lowest BCUT2D eigenvalue weighted by molar-refractivity contribution is -0.123. The maximum Gasteiger partial charge on any atom is 0.258 e. The molecule has 1 aromatic carbocycles. The van der Waals surface area contributed by atoms with Gasteiger partial charge in [-0.1, -0.05) is 13.0 Å². The zero-order valence-corrected chi connectivity index (χ0v) is 16.9. The van der Waals surface area contributed by atoms with Crippen molar-refractivity contribution in [1.82, 2.24) is 9.97 Å². The number of H-pyrrole nitrogens is 1. The average molecular weight is 413 g/mol. The summed E-state index contributed by atoms with van der Waals surface area (Å²) in [7, 11) is 0. The van der Waals surface area contributed by atoms with Crippen molar-refractivity contribution < 1.29 is 14.0 Å². The van der Waals surface area contributed by atoms with Crippen molar-refractivity contribution in [2.75, 3.05) is 28.6 Å². The minimum absolute atomic E-state index is 0.00134. The molecule has 2 aliphatic heterocycles. The molecule has 30 heavy (non-hydrogen) atoms. The molecule has 0 aliphatic carbocycles. The van der Waals surface area contributed by atoms with Crippen molar-refractivity contribution in [3.63, 3.8) is 0 Å². The highest BCUT2D eigenvalue weighted by Crippen LogP contribution is 2.31. The Bertz CT molecular complexity index is 1070. The molecule has 8 nitrogen and oxygen atoms in total. The van der Waals surface area contributed by atoms with E-state index >= 15 is 0 Å². The van der Waals surface area contributed by atoms with E-state index in [0.717, 1.165) is 25.9 Å². The first kappa shape index (κ1) is 20.1. The van der Waals surface area contributed by atoms with Crippen molar-refractivity contribution in [2.24, 2.45) is 5.92 Å². The van der Waals surface area contributed by atoms with E-state index in [4.69, 9.17) is 0 Å². The summed E-state index contributed by atoms with van der Waals surface area (Å²) in [5, 5.41) is 5.10. The Morgan fingerprint density at radius 3 is 2.87 bits per heavy atom. The molecule has 158 valence electrons. The van der Waals surface area contributed by atoms with Crippen molar-refractivity contribution in [1.29, 1.82) is 0 Å². The highest BCUT2D eigenvalue weighted by molar-refractivity contribution is 6.04. The quantitative estimate of drug-likeness (QED) is 0.717. The van der Waals surface area contributed by atoms with Gasteiger partial charge in [0.15, 0.2) is 0 Å². The number of fused-ring (bicyclic) bond motifs is 1. The van der Waals surface area contributed by atoms with Crippen LogP contribution >= 0.6 is 0 Å². The molecule has 2 aliphatic rings. The van der Waals surface area contributed by atoms with Crippen LogP contribution in [0.5, 0.6) is 0 Å². The minimum Gasteiger partial charge on any atom is -0.342 e. The largest absolute Gasteiger partial charge is 0.342 e. The number of aromatic amines is 1. The molecule has 9 heteroatoms. The number of anilines is 3. The van der Waals surface area contributed by atoms with Gasteiger partial charge in [-0.05, 0) is 43.4 Å². The highest BCUT2D eigenvalue weighted by Gasteiger charge is 2.35. The predicted molar refractivity (Wildman–Crippen MR) is 111 cm³/mol. The lowest BCUT2D eigenvalue weighted by Gasteiger charge is -2.32. The molecule has 1 aromatic heterocycles. The van der Waals surface area contributed by atoms with Crippen LogP contribution in [-0.2, 0) is 9.59 Å². The lowest BCUT2D eigenvalue weighted by atomic mass is 9.92. The monoisotopic (exact) mass is 413 g/mol. The lowest BCUT2D eigenvalue weighted by Crippen LogP contribution is -2.40. The van der Waals surface area contributed by atoms with E-state index in [0.29, 0.717) is 17.4 Å². The molecule has 3 N–H and O–H groups in total. The van der Waals surface area contributed by atoms with Crippen molar-refractivity contribution in [3.8, 4) is 0 Å². The van der Waals surface area contributed by atoms with Gasteiger partial charge >= 0.3 is 0 Å². The first-order chi connectivity index (χ1) is 14.3. The smallest absolute Gasteiger partial charge is 0.258 e. The first-order valence-corrected chi connectivity index (χ1v) is 10.1. The van der Waals surface area contributed by atoms with E-state index in [1.807, 2.05) is 4.90 Å². The average Bonchev–Trinajstić information content (AvgIpc) is 2.69. The van der Waals surface area contributed by atoms with E-state index < -0.39 is 29.1 Å². The van der Waals surface area contributed by atoms with E-state index in [9.17, 15) is 18.8 Å². The number of hydrogen-bond donors (Lipinski definition) is 3. The fraction of sp³-hybridized carbons (Fsp3) is 0.429. The predicted octanol–water partition coefficient (Wildman–Crippen LogP) is 2.52. The summed E-state index contributed by atoms with van der Waals surface area (Å²) in [4.78, 5) is 47.1. The van der Waals surface area contributed by atoms with Crippen LogP contribution in [0.1, 0.15) is 43.2 Å². The number of aromatic nitrogens is 2. The van der Waals surface area contributed by atoms with Crippen molar-refractivity contribution in [2.45, 2.75) is 39.0 Å². The minimum atomic E-state index is -1.06. The zero-order chi connectivity index (χ0) is 21.4. The van der Waals surface area contributed by atoms with Crippen LogP contribution < -0.4 is 21.1 Å². The number of aryl methyl sites for hydroxylation is 1. The fourth-order valence-corrected chi connectivity index (χ4v) is 4.06. The first-order valence-electron chi connectivity index (χ1n) is 10.1. The van der Waals surface area contributed by atoms with Gasteiger partial charge in [-0.15, -0.1) is 0 Å². The van der Waals surface area contributed by atoms with Gasteiger partial charge in [0.1, 0.15) is 11.6 Å². The third-order valence-electron chi connectivity index (χ3n) is 5.59. The van der Waals surface area contributed by atoms with Gasteiger partial charge in [0.2, 0.25) is 17.8 Å². The number of hydrogen-bond acceptors (Lipinski definition) is 5. The SMILES string of the molecule is Cc1ccc(NC(=O)[C@H]2CC(=O)Nc3nc(N4CCC[C@H](C)C4)[nH]c(=O)c32)c(F)c1. The van der Waals surface area contributed by atoms with Crippen LogP contribution in [0.4, 0.5) is 21.8 Å². The molecule has 0 unspecified atom stereocenters. The molecule has 0 radical (unpaired) electrons. The van der Waals surface area contributed by atoms with Gasteiger partial charge in [-0.2, -0.15) is 4.98 Å². The highest BCUT2D eigenvalue weighted by atomic mass is 19.1. The molecule has 2 atom stereocenters. The van der Waals surface area contributed by atoms with Crippen molar-refractivity contribution >= 4 is 29.3 Å². The number of rotatable bonds is 3. The summed E-state index contributed by atoms with van der Waals surface area (Å²) in [6.45, 7) is 5.39. The third kappa shape index (κ3) is 3.92. The molecular formula is C21H24FN5O3. The molecule has 0 bridgehead atoms. The summed E-state index contributed by atoms with van der Waals surface area (Å²) in [6.07, 6.45) is 1.89. The zero-order valence-electron chi connectivity index (χ0n) is 16.9. The molecule has 4 rings (SSSR count). The number of carbonyl (C=O) groups excluding carboxylic acids is 2. The Morgan fingerprint density at radius 2 is 2.13 bits per heavy atom. The van der Waals surface area contributed by atoms with Crippen LogP contribution in [0.15, 0.2) is 23.0 Å². The van der Waals surface area contributed by atoms with Gasteiger partial charge < -0.3 is 15.5 Å². The summed E-state index contributed by atoms with van der Waals surface area (Å²) < 4.78 is 14.1. The van der Waals surface area contributed by atoms with Gasteiger partial charge in [-0.3, -0.25) is 19.4 Å². The molecule has 0 spiro atoms. The Morgan fingerprint density at radius 1 is 1.33 bits per heavy atom. The van der Waals surface area contributed by atoms with E-state index in [1.165, 1.54) is 12.1 Å². The number of nitrogens with zero attached hydrogens (tertiary/aromatic N) is 2. The second kappa shape index (κ2) is 7.89. The number of nitrogens with one attached hydrogen (secondary N) is 3. The van der Waals surface area contributed by atoms with Crippen LogP contribution in [0, 0.1) is 18.7 Å². The molecule has 3 heterocycles. The van der Waals surface area contributed by atoms with Crippen LogP contribution in [0.2, 0.25) is 0 Å². The molecule has 2 aromatic rings. The molecular weight excluding hydrogens is 389 g/mol. The van der Waals surface area contributed by atoms with Crippen LogP contribution in [0.25, 0.3) is 0 Å². The standard InChI is InChI=1S/C21H24FN5O3/c1-11-5-6-15(14(22)8-11)23-19(29)13-9-16(28)24-18-17(13)20(30)26-21(25-18)27-7-3-4-12(2)10-27/h5-6,8,12-13H,3-4,7,9-10H2,1-2H3,(H,23,29)(H2,24,25,26,28,30)/t12-,13-/m0/s1. The third-order valence-corrected chi connectivity index (χ3v) is 5.59. The topological polar surface area (TPSA) is 107 Å². The van der Waals surface area contributed by atoms with Gasteiger partial charge in [-0.25, -0.2) is 4.39 Å². The van der Waals surface area contributed by atoms with Crippen LogP contribution in [-0.4, -0.2) is 34.9 Å². The van der Waals surface area contributed by atoms with Gasteiger partial charge in [0.05, 0.1) is 17.2 Å². The Labute approximate surface area is 172 Å². The summed E-state index contributed by atoms with van der Waals surface area (Å²) >= 11 is 0. The maximum atomic E-state index is 14.1. The number of halogens is 1. The Balaban J connectivity index is 1.65. The molecule has 2 amide bonds. The normalized spacial score (nSPS) is 21.0. The second-order valence-electron chi connectivity index (χ2n) is 8.12. The molecule has 0 saturated carbocycles. The Kier molecular flexibility index (Phi) is 5.27. The van der Waals surface area contributed by atoms with E-state index in [1.54, 1.807) is 13.0 Å². The van der Waals surface area contributed by atoms with E-state index in [2.05, 4.69) is 27.5 Å². The second-order valence-corrected chi connectivity index (χ2v) is 8.12. The Hall–Kier alpha value is -3.23. The van der Waals surface area contributed by atoms with Crippen LogP contribution in [0.3, 0.4) is 0 Å². The number of piperidine rings is 1. The maximum absolute atomic E-state index is 14.1. The molecule has 1 saturated heterocycles. The van der Waals surface area contributed by atoms with Crippen molar-refractivity contribution in [3.05, 3.63) is 45.5 Å². The van der Waals surface area contributed by atoms with E-state index in [-0.39, 0.29) is 23.5 Å². The number of amides is 2. The van der Waals surface area contributed by atoms with Gasteiger partial charge in [0.25, 0.3) is 5.56 Å². The summed E-state index contributed by atoms with van der Waals surface area (Å²) in [6, 6.07) is 4.42.